The zero-order chi connectivity index (χ0) is 18.8. The molecule has 8 nitrogen and oxygen atoms in total. The molecule has 0 aliphatic heterocycles. The van der Waals surface area contributed by atoms with E-state index in [9.17, 15) is 4.79 Å². The van der Waals surface area contributed by atoms with Crippen molar-refractivity contribution in [3.8, 4) is 0 Å². The lowest BCUT2D eigenvalue weighted by atomic mass is 10.3. The minimum Gasteiger partial charge on any atom is -0.431 e. The first-order valence-corrected chi connectivity index (χ1v) is 9.99. The van der Waals surface area contributed by atoms with Crippen molar-refractivity contribution in [3.63, 3.8) is 0 Å². The van der Waals surface area contributed by atoms with Crippen molar-refractivity contribution in [2.75, 3.05) is 24.7 Å². The van der Waals surface area contributed by atoms with Crippen molar-refractivity contribution in [1.29, 1.82) is 0 Å². The Morgan fingerprint density at radius 3 is 3.00 bits per heavy atom. The lowest BCUT2D eigenvalue weighted by Crippen LogP contribution is -2.33. The van der Waals surface area contributed by atoms with E-state index >= 15 is 0 Å². The average molecular weight is 387 g/mol. The summed E-state index contributed by atoms with van der Waals surface area (Å²) in [4.78, 5) is 22.8. The highest BCUT2D eigenvalue weighted by atomic mass is 32.2. The number of nitrogens with one attached hydrogen (secondary N) is 1. The maximum absolute atomic E-state index is 12.4. The Kier molecular flexibility index (Phi) is 5.02. The number of aromatic nitrogens is 3. The summed E-state index contributed by atoms with van der Waals surface area (Å²) < 4.78 is 10.9. The molecule has 4 rings (SSSR count). The molecular formula is C18H21N5O3S. The quantitative estimate of drug-likeness (QED) is 0.614. The third-order valence-corrected chi connectivity index (χ3v) is 5.03. The van der Waals surface area contributed by atoms with Crippen LogP contribution in [0.2, 0.25) is 0 Å². The standard InChI is InChI=1S/C18H21N5O3S/c1-3-27-18-20-13-7-6-12(10-14(13)25-18)19-17(24)23(2)9-8-15-21-16(26-22-15)11-4-5-11/h6-7,10-11H,3-5,8-9H2,1-2H3,(H,19,24). The molecule has 2 aromatic heterocycles. The van der Waals surface area contributed by atoms with Crippen molar-refractivity contribution < 1.29 is 13.7 Å². The number of benzene rings is 1. The molecule has 0 atom stereocenters. The minimum absolute atomic E-state index is 0.206. The third-order valence-electron chi connectivity index (χ3n) is 4.32. The monoisotopic (exact) mass is 387 g/mol. The van der Waals surface area contributed by atoms with Gasteiger partial charge in [0.25, 0.3) is 5.22 Å². The van der Waals surface area contributed by atoms with Crippen molar-refractivity contribution in [2.24, 2.45) is 0 Å². The number of rotatable bonds is 7. The second kappa shape index (κ2) is 7.59. The predicted molar refractivity (Wildman–Crippen MR) is 102 cm³/mol. The SMILES string of the molecule is CCSc1nc2ccc(NC(=O)N(C)CCc3noc(C4CC4)n3)cc2o1. The van der Waals surface area contributed by atoms with Gasteiger partial charge in [-0.1, -0.05) is 23.8 Å². The van der Waals surface area contributed by atoms with Gasteiger partial charge in [0.1, 0.15) is 5.52 Å². The summed E-state index contributed by atoms with van der Waals surface area (Å²) in [6, 6.07) is 5.24. The zero-order valence-corrected chi connectivity index (χ0v) is 16.1. The number of fused-ring (bicyclic) bond motifs is 1. The van der Waals surface area contributed by atoms with Gasteiger partial charge in [0.2, 0.25) is 5.89 Å². The molecule has 1 aromatic carbocycles. The molecule has 9 heteroatoms. The van der Waals surface area contributed by atoms with E-state index in [1.807, 2.05) is 19.1 Å². The number of carbonyl (C=O) groups excluding carboxylic acids is 1. The predicted octanol–water partition coefficient (Wildman–Crippen LogP) is 3.91. The molecule has 1 fully saturated rings. The van der Waals surface area contributed by atoms with Crippen LogP contribution in [0, 0.1) is 0 Å². The fraction of sp³-hybridized carbons (Fsp3) is 0.444. The number of hydrogen-bond acceptors (Lipinski definition) is 7. The molecule has 0 unspecified atom stereocenters. The van der Waals surface area contributed by atoms with Gasteiger partial charge >= 0.3 is 6.03 Å². The Bertz CT molecular complexity index is 950. The molecule has 0 saturated heterocycles. The number of nitrogens with zero attached hydrogens (tertiary/aromatic N) is 4. The van der Waals surface area contributed by atoms with E-state index in [1.54, 1.807) is 29.8 Å². The van der Waals surface area contributed by atoms with Crippen LogP contribution in [0.1, 0.15) is 37.4 Å². The van der Waals surface area contributed by atoms with E-state index in [2.05, 4.69) is 20.4 Å². The first-order valence-electron chi connectivity index (χ1n) is 9.00. The number of likely N-dealkylation sites (N-methyl/N-ethyl adjacent to an activating group) is 1. The first-order chi connectivity index (χ1) is 13.1. The van der Waals surface area contributed by atoms with Gasteiger partial charge in [0, 0.05) is 37.7 Å². The van der Waals surface area contributed by atoms with Gasteiger partial charge < -0.3 is 19.2 Å². The van der Waals surface area contributed by atoms with Gasteiger partial charge in [-0.15, -0.1) is 0 Å². The topological polar surface area (TPSA) is 97.3 Å². The lowest BCUT2D eigenvalue weighted by Gasteiger charge is -2.17. The van der Waals surface area contributed by atoms with Crippen LogP contribution in [-0.4, -0.2) is 45.4 Å². The summed E-state index contributed by atoms with van der Waals surface area (Å²) >= 11 is 1.54. The van der Waals surface area contributed by atoms with Crippen LogP contribution < -0.4 is 5.32 Å². The van der Waals surface area contributed by atoms with Crippen LogP contribution in [0.4, 0.5) is 10.5 Å². The number of hydrogen-bond donors (Lipinski definition) is 1. The van der Waals surface area contributed by atoms with E-state index in [1.165, 1.54) is 0 Å². The molecule has 27 heavy (non-hydrogen) atoms. The first kappa shape index (κ1) is 17.8. The van der Waals surface area contributed by atoms with Crippen molar-refractivity contribution >= 4 is 34.6 Å². The van der Waals surface area contributed by atoms with Crippen LogP contribution in [-0.2, 0) is 6.42 Å². The Balaban J connectivity index is 1.33. The van der Waals surface area contributed by atoms with Crippen LogP contribution in [0.25, 0.3) is 11.1 Å². The van der Waals surface area contributed by atoms with Gasteiger partial charge in [-0.25, -0.2) is 9.78 Å². The Morgan fingerprint density at radius 2 is 2.22 bits per heavy atom. The number of urea groups is 1. The molecule has 0 radical (unpaired) electrons. The molecule has 0 spiro atoms. The normalized spacial score (nSPS) is 13.9. The van der Waals surface area contributed by atoms with Crippen LogP contribution in [0.5, 0.6) is 0 Å². The van der Waals surface area contributed by atoms with E-state index in [0.717, 1.165) is 30.0 Å². The van der Waals surface area contributed by atoms with Crippen LogP contribution in [0.3, 0.4) is 0 Å². The minimum atomic E-state index is -0.206. The number of oxazole rings is 1. The second-order valence-electron chi connectivity index (χ2n) is 6.52. The molecule has 1 aliphatic carbocycles. The van der Waals surface area contributed by atoms with E-state index < -0.39 is 0 Å². The van der Waals surface area contributed by atoms with E-state index in [4.69, 9.17) is 8.94 Å². The maximum atomic E-state index is 12.4. The van der Waals surface area contributed by atoms with Crippen LogP contribution in [0.15, 0.2) is 32.4 Å². The Hall–Kier alpha value is -2.55. The maximum Gasteiger partial charge on any atom is 0.321 e. The highest BCUT2D eigenvalue weighted by molar-refractivity contribution is 7.99. The molecule has 1 N–H and O–H groups in total. The molecule has 142 valence electrons. The fourth-order valence-electron chi connectivity index (χ4n) is 2.62. The summed E-state index contributed by atoms with van der Waals surface area (Å²) in [5, 5.41) is 7.49. The summed E-state index contributed by atoms with van der Waals surface area (Å²) in [6.45, 7) is 2.54. The molecule has 2 amide bonds. The largest absolute Gasteiger partial charge is 0.431 e. The highest BCUT2D eigenvalue weighted by Gasteiger charge is 2.29. The molecule has 3 aromatic rings. The summed E-state index contributed by atoms with van der Waals surface area (Å²) in [5.41, 5.74) is 2.10. The fourth-order valence-corrected chi connectivity index (χ4v) is 3.18. The summed E-state index contributed by atoms with van der Waals surface area (Å²) in [5.74, 6) is 2.69. The van der Waals surface area contributed by atoms with Gasteiger partial charge in [-0.3, -0.25) is 0 Å². The van der Waals surface area contributed by atoms with Crippen molar-refractivity contribution in [2.45, 2.75) is 37.3 Å². The molecule has 2 heterocycles. The van der Waals surface area contributed by atoms with Crippen molar-refractivity contribution in [3.05, 3.63) is 29.9 Å². The zero-order valence-electron chi connectivity index (χ0n) is 15.3. The second-order valence-corrected chi connectivity index (χ2v) is 7.74. The Labute approximate surface area is 160 Å². The smallest absolute Gasteiger partial charge is 0.321 e. The van der Waals surface area contributed by atoms with E-state index in [0.29, 0.717) is 41.2 Å². The van der Waals surface area contributed by atoms with Gasteiger partial charge in [-0.2, -0.15) is 4.98 Å². The average Bonchev–Trinajstić information content (AvgIpc) is 3.26. The molecule has 0 bridgehead atoms. The summed E-state index contributed by atoms with van der Waals surface area (Å²) in [6.07, 6.45) is 2.80. The number of carbonyl (C=O) groups is 1. The molecule has 1 saturated carbocycles. The van der Waals surface area contributed by atoms with Crippen molar-refractivity contribution in [1.82, 2.24) is 20.0 Å². The molecular weight excluding hydrogens is 366 g/mol. The number of thioether (sulfide) groups is 1. The number of amides is 2. The van der Waals surface area contributed by atoms with Gasteiger partial charge in [0.05, 0.1) is 0 Å². The number of anilines is 1. The van der Waals surface area contributed by atoms with Gasteiger partial charge in [-0.05, 0) is 30.7 Å². The third kappa shape index (κ3) is 4.24. The van der Waals surface area contributed by atoms with E-state index in [-0.39, 0.29) is 6.03 Å². The van der Waals surface area contributed by atoms with Crippen LogP contribution >= 0.6 is 11.8 Å². The Morgan fingerprint density at radius 1 is 1.37 bits per heavy atom. The highest BCUT2D eigenvalue weighted by Crippen LogP contribution is 2.38. The molecule has 1 aliphatic rings. The van der Waals surface area contributed by atoms with Gasteiger partial charge in [0.15, 0.2) is 11.4 Å². The summed E-state index contributed by atoms with van der Waals surface area (Å²) in [7, 11) is 1.74. The lowest BCUT2D eigenvalue weighted by molar-refractivity contribution is 0.222.